The molecule has 0 atom stereocenters. The van der Waals surface area contributed by atoms with Crippen molar-refractivity contribution in [1.82, 2.24) is 9.78 Å². The second-order valence-electron chi connectivity index (χ2n) is 4.49. The molecule has 0 N–H and O–H groups in total. The van der Waals surface area contributed by atoms with E-state index in [1.807, 2.05) is 10.7 Å². The summed E-state index contributed by atoms with van der Waals surface area (Å²) >= 11 is 0. The second-order valence-corrected chi connectivity index (χ2v) is 4.49. The third-order valence-corrected chi connectivity index (χ3v) is 2.71. The Morgan fingerprint density at radius 1 is 1.64 bits per heavy atom. The summed E-state index contributed by atoms with van der Waals surface area (Å²) in [6, 6.07) is 4.39. The van der Waals surface area contributed by atoms with E-state index in [-0.39, 0.29) is 5.41 Å². The zero-order valence-electron chi connectivity index (χ0n) is 8.70. The Bertz CT molecular complexity index is 366. The molecule has 3 heteroatoms. The lowest BCUT2D eigenvalue weighted by atomic mass is 10.0. The van der Waals surface area contributed by atoms with Gasteiger partial charge < -0.3 is 0 Å². The van der Waals surface area contributed by atoms with Crippen molar-refractivity contribution in [3.63, 3.8) is 0 Å². The van der Waals surface area contributed by atoms with Crippen LogP contribution in [0.4, 0.5) is 0 Å². The largest absolute Gasteiger partial charge is 0.268 e. The maximum absolute atomic E-state index is 9.10. The molecule has 0 saturated heterocycles. The fraction of sp³-hybridized carbons (Fsp3) is 0.636. The van der Waals surface area contributed by atoms with E-state index in [4.69, 9.17) is 5.26 Å². The molecule has 0 aliphatic heterocycles. The quantitative estimate of drug-likeness (QED) is 0.730. The van der Waals surface area contributed by atoms with Gasteiger partial charge in [0.2, 0.25) is 0 Å². The van der Waals surface area contributed by atoms with Crippen molar-refractivity contribution in [1.29, 1.82) is 5.26 Å². The average molecular weight is 189 g/mol. The van der Waals surface area contributed by atoms with Gasteiger partial charge in [-0.25, -0.2) is 0 Å². The Hall–Kier alpha value is -1.30. The Kier molecular flexibility index (Phi) is 2.07. The van der Waals surface area contributed by atoms with E-state index in [1.54, 1.807) is 6.20 Å². The molecule has 14 heavy (non-hydrogen) atoms. The van der Waals surface area contributed by atoms with E-state index in [9.17, 15) is 0 Å². The van der Waals surface area contributed by atoms with Gasteiger partial charge in [0.05, 0.1) is 17.2 Å². The van der Waals surface area contributed by atoms with Crippen molar-refractivity contribution >= 4 is 0 Å². The summed E-state index contributed by atoms with van der Waals surface area (Å²) in [5.74, 6) is 0.572. The molecule has 2 rings (SSSR count). The van der Waals surface area contributed by atoms with E-state index in [0.717, 1.165) is 25.1 Å². The minimum Gasteiger partial charge on any atom is -0.268 e. The molecule has 0 bridgehead atoms. The highest BCUT2D eigenvalue weighted by molar-refractivity contribution is 5.33. The molecule has 1 fully saturated rings. The van der Waals surface area contributed by atoms with Crippen LogP contribution in [0.1, 0.15) is 32.4 Å². The predicted octanol–water partition coefficient (Wildman–Crippen LogP) is 2.09. The van der Waals surface area contributed by atoms with Gasteiger partial charge in [-0.3, -0.25) is 4.68 Å². The molecule has 1 saturated carbocycles. The minimum atomic E-state index is -0.203. The Morgan fingerprint density at radius 3 is 2.86 bits per heavy atom. The maximum atomic E-state index is 9.10. The third-order valence-electron chi connectivity index (χ3n) is 2.71. The highest BCUT2D eigenvalue weighted by Crippen LogP contribution is 2.47. The molecular weight excluding hydrogens is 174 g/mol. The van der Waals surface area contributed by atoms with Gasteiger partial charge in [0.25, 0.3) is 0 Å². The van der Waals surface area contributed by atoms with Crippen molar-refractivity contribution in [2.75, 3.05) is 0 Å². The molecule has 1 aliphatic rings. The van der Waals surface area contributed by atoms with E-state index in [0.29, 0.717) is 5.92 Å². The third kappa shape index (κ3) is 1.41. The molecule has 1 aromatic heterocycles. The maximum Gasteiger partial charge on any atom is 0.0991 e. The molecule has 74 valence electrons. The summed E-state index contributed by atoms with van der Waals surface area (Å²) in [5, 5.41) is 13.4. The number of aromatic nitrogens is 2. The molecule has 0 radical (unpaired) electrons. The van der Waals surface area contributed by atoms with E-state index < -0.39 is 0 Å². The standard InChI is InChI=1S/C11H15N3/c1-9(2)7-14-10(3-6-13-14)11(8-12)4-5-11/h3,6,9H,4-5,7H2,1-2H3. The normalized spacial score (nSPS) is 18.1. The summed E-state index contributed by atoms with van der Waals surface area (Å²) < 4.78 is 1.99. The summed E-state index contributed by atoms with van der Waals surface area (Å²) in [7, 11) is 0. The van der Waals surface area contributed by atoms with Crippen LogP contribution in [-0.2, 0) is 12.0 Å². The number of nitrogens with zero attached hydrogens (tertiary/aromatic N) is 3. The molecule has 0 unspecified atom stereocenters. The van der Waals surface area contributed by atoms with E-state index >= 15 is 0 Å². The van der Waals surface area contributed by atoms with Gasteiger partial charge in [-0.15, -0.1) is 0 Å². The van der Waals surface area contributed by atoms with Gasteiger partial charge in [-0.05, 0) is 24.8 Å². The first-order valence-electron chi connectivity index (χ1n) is 5.11. The summed E-state index contributed by atoms with van der Waals surface area (Å²) in [6.45, 7) is 5.24. The first-order valence-corrected chi connectivity index (χ1v) is 5.11. The van der Waals surface area contributed by atoms with Gasteiger partial charge in [0, 0.05) is 12.7 Å². The van der Waals surface area contributed by atoms with Crippen molar-refractivity contribution in [2.24, 2.45) is 5.92 Å². The second kappa shape index (κ2) is 3.13. The zero-order valence-corrected chi connectivity index (χ0v) is 8.70. The fourth-order valence-corrected chi connectivity index (χ4v) is 1.78. The van der Waals surface area contributed by atoms with E-state index in [1.165, 1.54) is 0 Å². The molecular formula is C11H15N3. The lowest BCUT2D eigenvalue weighted by Crippen LogP contribution is -2.15. The van der Waals surface area contributed by atoms with Gasteiger partial charge in [0.15, 0.2) is 0 Å². The number of nitriles is 1. The summed E-state index contributed by atoms with van der Waals surface area (Å²) in [6.07, 6.45) is 3.79. The smallest absolute Gasteiger partial charge is 0.0991 e. The van der Waals surface area contributed by atoms with Crippen molar-refractivity contribution in [2.45, 2.75) is 38.6 Å². The van der Waals surface area contributed by atoms with Gasteiger partial charge in [-0.1, -0.05) is 13.8 Å². The number of rotatable bonds is 3. The van der Waals surface area contributed by atoms with Crippen molar-refractivity contribution in [3.05, 3.63) is 18.0 Å². The van der Waals surface area contributed by atoms with Crippen molar-refractivity contribution < 1.29 is 0 Å². The molecule has 0 spiro atoms. The lowest BCUT2D eigenvalue weighted by Gasteiger charge is -2.12. The fourth-order valence-electron chi connectivity index (χ4n) is 1.78. The number of hydrogen-bond acceptors (Lipinski definition) is 2. The van der Waals surface area contributed by atoms with Gasteiger partial charge in [0.1, 0.15) is 0 Å². The van der Waals surface area contributed by atoms with Crippen LogP contribution in [0.5, 0.6) is 0 Å². The topological polar surface area (TPSA) is 41.6 Å². The SMILES string of the molecule is CC(C)Cn1nccc1C1(C#N)CC1. The number of hydrogen-bond donors (Lipinski definition) is 0. The molecule has 0 aromatic carbocycles. The van der Waals surface area contributed by atoms with Crippen LogP contribution in [0, 0.1) is 17.2 Å². The molecule has 0 amide bonds. The highest BCUT2D eigenvalue weighted by atomic mass is 15.3. The highest BCUT2D eigenvalue weighted by Gasteiger charge is 2.47. The van der Waals surface area contributed by atoms with E-state index in [2.05, 4.69) is 25.0 Å². The Labute approximate surface area is 84.3 Å². The van der Waals surface area contributed by atoms with Crippen LogP contribution in [0.25, 0.3) is 0 Å². The van der Waals surface area contributed by atoms with Crippen LogP contribution in [0.2, 0.25) is 0 Å². The zero-order chi connectivity index (χ0) is 10.2. The van der Waals surface area contributed by atoms with Gasteiger partial charge in [-0.2, -0.15) is 10.4 Å². The Balaban J connectivity index is 2.27. The lowest BCUT2D eigenvalue weighted by molar-refractivity contribution is 0.462. The summed E-state index contributed by atoms with van der Waals surface area (Å²) in [4.78, 5) is 0. The first-order chi connectivity index (χ1) is 6.68. The summed E-state index contributed by atoms with van der Waals surface area (Å²) in [5.41, 5.74) is 0.902. The van der Waals surface area contributed by atoms with Crippen molar-refractivity contribution in [3.8, 4) is 6.07 Å². The molecule has 1 heterocycles. The molecule has 1 aliphatic carbocycles. The van der Waals surface area contributed by atoms with Crippen LogP contribution >= 0.6 is 0 Å². The molecule has 1 aromatic rings. The monoisotopic (exact) mass is 189 g/mol. The van der Waals surface area contributed by atoms with Crippen LogP contribution in [0.15, 0.2) is 12.3 Å². The first kappa shape index (κ1) is 9.26. The predicted molar refractivity (Wildman–Crippen MR) is 53.6 cm³/mol. The van der Waals surface area contributed by atoms with Crippen LogP contribution in [-0.4, -0.2) is 9.78 Å². The average Bonchev–Trinajstić information content (AvgIpc) is 2.81. The van der Waals surface area contributed by atoms with Gasteiger partial charge >= 0.3 is 0 Å². The molecule has 3 nitrogen and oxygen atoms in total. The van der Waals surface area contributed by atoms with Crippen LogP contribution < -0.4 is 0 Å². The minimum absolute atomic E-state index is 0.203. The van der Waals surface area contributed by atoms with Crippen LogP contribution in [0.3, 0.4) is 0 Å². The Morgan fingerprint density at radius 2 is 2.36 bits per heavy atom.